The number of non-ortho nitro benzene ring substituents is 1. The number of hydrogen-bond donors (Lipinski definition) is 4. The molecule has 0 aromatic heterocycles. The molecule has 0 heterocycles. The molecule has 0 saturated carbocycles. The maximum Gasteiger partial charge on any atom is 0.408 e. The number of carbonyl (C=O) groups is 4. The van der Waals surface area contributed by atoms with Gasteiger partial charge in [-0.3, -0.25) is 20.2 Å². The summed E-state index contributed by atoms with van der Waals surface area (Å²) in [6, 6.07) is 8.73. The van der Waals surface area contributed by atoms with Gasteiger partial charge in [-0.1, -0.05) is 30.3 Å². The molecule has 2 atom stereocenters. The van der Waals surface area contributed by atoms with Gasteiger partial charge in [-0.2, -0.15) is 0 Å². The molecule has 0 fully saturated rings. The summed E-state index contributed by atoms with van der Waals surface area (Å²) in [6.45, 7) is 9.93. The molecule has 16 heteroatoms. The Morgan fingerprint density at radius 1 is 0.727 bits per heavy atom. The van der Waals surface area contributed by atoms with Crippen LogP contribution in [-0.2, 0) is 31.9 Å². The van der Waals surface area contributed by atoms with Gasteiger partial charge in [0.05, 0.1) is 9.85 Å². The van der Waals surface area contributed by atoms with Gasteiger partial charge in [0.15, 0.2) is 0 Å². The van der Waals surface area contributed by atoms with Gasteiger partial charge in [-0.25, -0.2) is 19.2 Å². The van der Waals surface area contributed by atoms with Crippen LogP contribution in [0.3, 0.4) is 0 Å². The maximum absolute atomic E-state index is 11.7. The molecular formula is C28H36N4O12. The van der Waals surface area contributed by atoms with Crippen LogP contribution in [0, 0.1) is 20.2 Å². The molecule has 2 aromatic rings. The van der Waals surface area contributed by atoms with Gasteiger partial charge in [0.2, 0.25) is 0 Å². The Bertz CT molecular complexity index is 1350. The van der Waals surface area contributed by atoms with Crippen LogP contribution in [-0.4, -0.2) is 67.5 Å². The zero-order valence-electron chi connectivity index (χ0n) is 25.1. The normalized spacial score (nSPS) is 12.3. The van der Waals surface area contributed by atoms with Gasteiger partial charge in [-0.15, -0.1) is 0 Å². The summed E-state index contributed by atoms with van der Waals surface area (Å²) < 4.78 is 9.99. The molecule has 0 radical (unpaired) electrons. The number of nitrogens with zero attached hydrogens (tertiary/aromatic N) is 2. The number of carboxylic acid groups (broad SMARTS) is 2. The number of carbonyl (C=O) groups excluding carboxylic acids is 2. The second-order valence-corrected chi connectivity index (χ2v) is 11.3. The van der Waals surface area contributed by atoms with Crippen LogP contribution < -0.4 is 10.6 Å². The van der Waals surface area contributed by atoms with E-state index in [9.17, 15) is 44.5 Å². The van der Waals surface area contributed by atoms with Crippen molar-refractivity contribution in [1.82, 2.24) is 10.6 Å². The second-order valence-electron chi connectivity index (χ2n) is 11.3. The Morgan fingerprint density at radius 3 is 1.55 bits per heavy atom. The number of hydrogen-bond acceptors (Lipinski definition) is 10. The van der Waals surface area contributed by atoms with Crippen LogP contribution in [0.4, 0.5) is 21.0 Å². The van der Waals surface area contributed by atoms with E-state index >= 15 is 0 Å². The van der Waals surface area contributed by atoms with E-state index in [1.807, 2.05) is 0 Å². The van der Waals surface area contributed by atoms with Crippen LogP contribution in [0.15, 0.2) is 48.5 Å². The standard InChI is InChI=1S/2C14H18N2O6/c1-14(2,3)22-13(19)15-11(12(17)18)8-9-4-6-10(7-5-9)16(20)21;1-14(2,3)22-13(19)15-10(12(17)18)8-9-6-4-5-7-11(9)16(20)21/h4-7,11H,8H2,1-3H3,(H,15,19)(H,17,18);4-7,10H,8H2,1-3H3,(H,15,19)(H,17,18)/t11-;10-/m00/s1. The molecule has 2 amide bonds. The third-order valence-corrected chi connectivity index (χ3v) is 5.18. The Balaban J connectivity index is 0.000000440. The zero-order valence-corrected chi connectivity index (χ0v) is 25.1. The lowest BCUT2D eigenvalue weighted by Gasteiger charge is -2.22. The van der Waals surface area contributed by atoms with E-state index in [1.165, 1.54) is 42.5 Å². The van der Waals surface area contributed by atoms with Crippen molar-refractivity contribution in [3.8, 4) is 0 Å². The number of rotatable bonds is 10. The van der Waals surface area contributed by atoms with Crippen molar-refractivity contribution in [2.24, 2.45) is 0 Å². The smallest absolute Gasteiger partial charge is 0.408 e. The lowest BCUT2D eigenvalue weighted by Crippen LogP contribution is -2.44. The van der Waals surface area contributed by atoms with Crippen molar-refractivity contribution in [2.75, 3.05) is 0 Å². The summed E-state index contributed by atoms with van der Waals surface area (Å²) in [7, 11) is 0. The van der Waals surface area contributed by atoms with E-state index in [-0.39, 0.29) is 29.8 Å². The number of benzene rings is 2. The van der Waals surface area contributed by atoms with Crippen molar-refractivity contribution >= 4 is 35.5 Å². The first-order valence-corrected chi connectivity index (χ1v) is 13.1. The number of nitro groups is 2. The topological polar surface area (TPSA) is 238 Å². The fraction of sp³-hybridized carbons (Fsp3) is 0.429. The maximum atomic E-state index is 11.7. The first kappa shape index (κ1) is 36.7. The van der Waals surface area contributed by atoms with Crippen molar-refractivity contribution < 1.29 is 48.7 Å². The molecule has 0 spiro atoms. The van der Waals surface area contributed by atoms with Crippen LogP contribution >= 0.6 is 0 Å². The highest BCUT2D eigenvalue weighted by molar-refractivity contribution is 5.81. The number of ether oxygens (including phenoxy) is 2. The molecule has 0 aliphatic rings. The first-order chi connectivity index (χ1) is 20.2. The molecule has 240 valence electrons. The number of carboxylic acids is 2. The molecule has 0 bridgehead atoms. The Morgan fingerprint density at radius 2 is 1.16 bits per heavy atom. The van der Waals surface area contributed by atoms with E-state index in [2.05, 4.69) is 10.6 Å². The molecule has 0 aliphatic heterocycles. The fourth-order valence-electron chi connectivity index (χ4n) is 3.37. The molecule has 2 rings (SSSR count). The third kappa shape index (κ3) is 14.1. The predicted octanol–water partition coefficient (Wildman–Crippen LogP) is 4.23. The van der Waals surface area contributed by atoms with E-state index in [0.717, 1.165) is 0 Å². The number of para-hydroxylation sites is 1. The van der Waals surface area contributed by atoms with Crippen molar-refractivity contribution in [3.05, 3.63) is 79.9 Å². The summed E-state index contributed by atoms with van der Waals surface area (Å²) in [6.07, 6.45) is -1.95. The molecular weight excluding hydrogens is 584 g/mol. The van der Waals surface area contributed by atoms with E-state index in [0.29, 0.717) is 5.56 Å². The van der Waals surface area contributed by atoms with Gasteiger partial charge in [0.25, 0.3) is 11.4 Å². The SMILES string of the molecule is CC(C)(C)OC(=O)N[C@@H](Cc1ccc([N+](=O)[O-])cc1)C(=O)O.CC(C)(C)OC(=O)N[C@@H](Cc1ccccc1[N+](=O)[O-])C(=O)O. The number of amides is 2. The number of nitrogens with one attached hydrogen (secondary N) is 2. The van der Waals surface area contributed by atoms with Gasteiger partial charge in [0, 0.05) is 36.6 Å². The monoisotopic (exact) mass is 620 g/mol. The average Bonchev–Trinajstić information content (AvgIpc) is 2.86. The van der Waals surface area contributed by atoms with Gasteiger partial charge in [-0.05, 0) is 47.1 Å². The largest absolute Gasteiger partial charge is 0.480 e. The van der Waals surface area contributed by atoms with Crippen LogP contribution in [0.2, 0.25) is 0 Å². The Kier molecular flexibility index (Phi) is 13.2. The number of aliphatic carboxylic acids is 2. The van der Waals surface area contributed by atoms with E-state index in [1.54, 1.807) is 47.6 Å². The lowest BCUT2D eigenvalue weighted by molar-refractivity contribution is -0.385. The quantitative estimate of drug-likeness (QED) is 0.216. The van der Waals surface area contributed by atoms with Gasteiger partial charge in [0.1, 0.15) is 23.3 Å². The van der Waals surface area contributed by atoms with Crippen LogP contribution in [0.25, 0.3) is 0 Å². The summed E-state index contributed by atoms with van der Waals surface area (Å²) >= 11 is 0. The summed E-state index contributed by atoms with van der Waals surface area (Å²) in [4.78, 5) is 66.1. The molecule has 0 aliphatic carbocycles. The Labute approximate surface area is 252 Å². The van der Waals surface area contributed by atoms with E-state index in [4.69, 9.17) is 14.6 Å². The van der Waals surface area contributed by atoms with Crippen LogP contribution in [0.5, 0.6) is 0 Å². The second kappa shape index (κ2) is 15.8. The predicted molar refractivity (Wildman–Crippen MR) is 155 cm³/mol. The van der Waals surface area contributed by atoms with Gasteiger partial charge < -0.3 is 30.3 Å². The highest BCUT2D eigenvalue weighted by Gasteiger charge is 2.27. The fourth-order valence-corrected chi connectivity index (χ4v) is 3.37. The summed E-state index contributed by atoms with van der Waals surface area (Å²) in [5.41, 5.74) is -1.02. The number of nitro benzene ring substituents is 2. The highest BCUT2D eigenvalue weighted by atomic mass is 16.6. The van der Waals surface area contributed by atoms with Gasteiger partial charge >= 0.3 is 24.1 Å². The van der Waals surface area contributed by atoms with Crippen molar-refractivity contribution in [1.29, 1.82) is 0 Å². The zero-order chi connectivity index (χ0) is 33.8. The highest BCUT2D eigenvalue weighted by Crippen LogP contribution is 2.20. The molecule has 0 saturated heterocycles. The van der Waals surface area contributed by atoms with E-state index < -0.39 is 57.3 Å². The lowest BCUT2D eigenvalue weighted by atomic mass is 10.0. The molecule has 0 unspecified atom stereocenters. The minimum absolute atomic E-state index is 0.00737. The summed E-state index contributed by atoms with van der Waals surface area (Å²) in [5, 5.41) is 44.3. The first-order valence-electron chi connectivity index (χ1n) is 13.1. The van der Waals surface area contributed by atoms with Crippen LogP contribution in [0.1, 0.15) is 52.7 Å². The third-order valence-electron chi connectivity index (χ3n) is 5.18. The Hall–Kier alpha value is -5.28. The molecule has 4 N–H and O–H groups in total. The number of alkyl carbamates (subject to hydrolysis) is 2. The minimum atomic E-state index is -1.32. The average molecular weight is 621 g/mol. The van der Waals surface area contributed by atoms with Crippen molar-refractivity contribution in [2.45, 2.75) is 77.7 Å². The van der Waals surface area contributed by atoms with Crippen molar-refractivity contribution in [3.63, 3.8) is 0 Å². The summed E-state index contributed by atoms with van der Waals surface area (Å²) in [5.74, 6) is -2.52. The minimum Gasteiger partial charge on any atom is -0.480 e. The molecule has 44 heavy (non-hydrogen) atoms. The molecule has 16 nitrogen and oxygen atoms in total. The molecule has 2 aromatic carbocycles.